The first-order valence-corrected chi connectivity index (χ1v) is 14.9. The fourth-order valence-corrected chi connectivity index (χ4v) is 6.29. The van der Waals surface area contributed by atoms with Gasteiger partial charge in [0.2, 0.25) is 0 Å². The van der Waals surface area contributed by atoms with Gasteiger partial charge in [0.05, 0.1) is 25.0 Å². The fraction of sp³-hybridized carbons (Fsp3) is 0.419. The number of amides is 1. The van der Waals surface area contributed by atoms with Gasteiger partial charge in [-0.2, -0.15) is 0 Å². The summed E-state index contributed by atoms with van der Waals surface area (Å²) in [6, 6.07) is 15.6. The molecule has 0 atom stereocenters. The summed E-state index contributed by atoms with van der Waals surface area (Å²) in [4.78, 5) is 21.4. The third-order valence-corrected chi connectivity index (χ3v) is 9.07. The van der Waals surface area contributed by atoms with E-state index in [1.54, 1.807) is 11.0 Å². The smallest absolute Gasteiger partial charge is 0.415 e. The van der Waals surface area contributed by atoms with Crippen molar-refractivity contribution >= 4 is 34.4 Å². The average molecular weight is 642 g/mol. The molecule has 2 saturated heterocycles. The van der Waals surface area contributed by atoms with Crippen LogP contribution in [0.3, 0.4) is 0 Å². The van der Waals surface area contributed by atoms with Gasteiger partial charge >= 0.3 is 6.09 Å². The Balaban J connectivity index is 1.20. The maximum atomic E-state index is 13.6. The quantitative estimate of drug-likeness (QED) is 0.257. The van der Waals surface area contributed by atoms with Crippen LogP contribution in [0.25, 0.3) is 11.3 Å². The lowest BCUT2D eigenvalue weighted by Crippen LogP contribution is -2.46. The van der Waals surface area contributed by atoms with Gasteiger partial charge in [0, 0.05) is 52.9 Å². The van der Waals surface area contributed by atoms with Crippen molar-refractivity contribution in [3.8, 4) is 17.0 Å². The normalized spacial score (nSPS) is 19.3. The molecule has 6 nitrogen and oxygen atoms in total. The molecule has 1 aliphatic carbocycles. The average Bonchev–Trinajstić information content (AvgIpc) is 3.22. The number of benzene rings is 2. The molecule has 6 rings (SSSR count). The molecule has 3 heterocycles. The molecule has 2 aliphatic heterocycles. The molecule has 1 amide bonds. The van der Waals surface area contributed by atoms with Crippen molar-refractivity contribution in [1.29, 1.82) is 0 Å². The van der Waals surface area contributed by atoms with E-state index in [9.17, 15) is 9.18 Å². The summed E-state index contributed by atoms with van der Waals surface area (Å²) in [5.74, 6) is 1.03. The molecule has 3 aliphatic rings. The lowest BCUT2D eigenvalue weighted by Gasteiger charge is -2.38. The summed E-state index contributed by atoms with van der Waals surface area (Å²) in [5, 5.41) is 0. The topological polar surface area (TPSA) is 54.9 Å². The number of hydrogen-bond donors (Lipinski definition) is 0. The van der Waals surface area contributed by atoms with Gasteiger partial charge in [0.15, 0.2) is 0 Å². The highest BCUT2D eigenvalue weighted by molar-refractivity contribution is 14.1. The minimum absolute atomic E-state index is 0.251. The van der Waals surface area contributed by atoms with Crippen LogP contribution in [0.1, 0.15) is 56.1 Å². The fourth-order valence-electron chi connectivity index (χ4n) is 5.93. The number of anilines is 1. The van der Waals surface area contributed by atoms with Crippen LogP contribution in [0.4, 0.5) is 14.9 Å². The minimum Gasteiger partial charge on any atom is -0.494 e. The van der Waals surface area contributed by atoms with Crippen LogP contribution >= 0.6 is 22.6 Å². The molecular weight excluding hydrogens is 608 g/mol. The standard InChI is InChI=1S/C31H33FIN3O3/c1-2-38-29-17-27(28-11-6-23(32)18-34-28)26(21-4-3-5-21)16-22(29)19-35-14-12-31(13-15-35)20-36(30(37)39-31)25-9-7-24(33)8-10-25/h6-11,16-18,21H,2-5,12-15,19-20H2,1H3. The van der Waals surface area contributed by atoms with Crippen LogP contribution in [-0.2, 0) is 11.3 Å². The van der Waals surface area contributed by atoms with Crippen molar-refractivity contribution < 1.29 is 18.7 Å². The summed E-state index contributed by atoms with van der Waals surface area (Å²) in [5.41, 5.74) is 4.73. The summed E-state index contributed by atoms with van der Waals surface area (Å²) >= 11 is 2.27. The summed E-state index contributed by atoms with van der Waals surface area (Å²) < 4.78 is 26.9. The molecule has 3 fully saturated rings. The monoisotopic (exact) mass is 641 g/mol. The number of pyridine rings is 1. The van der Waals surface area contributed by atoms with Crippen LogP contribution in [0.2, 0.25) is 0 Å². The highest BCUT2D eigenvalue weighted by Gasteiger charge is 2.47. The van der Waals surface area contributed by atoms with Gasteiger partial charge < -0.3 is 9.47 Å². The van der Waals surface area contributed by atoms with E-state index >= 15 is 0 Å². The maximum absolute atomic E-state index is 13.6. The number of aromatic nitrogens is 1. The zero-order chi connectivity index (χ0) is 27.0. The molecular formula is C31H33FIN3O3. The Morgan fingerprint density at radius 1 is 1.13 bits per heavy atom. The molecule has 39 heavy (non-hydrogen) atoms. The molecule has 0 unspecified atom stereocenters. The molecule has 8 heteroatoms. The van der Waals surface area contributed by atoms with Gasteiger partial charge in [-0.3, -0.25) is 14.8 Å². The van der Waals surface area contributed by atoms with Crippen molar-refractivity contribution in [2.45, 2.75) is 57.1 Å². The highest BCUT2D eigenvalue weighted by atomic mass is 127. The van der Waals surface area contributed by atoms with E-state index in [2.05, 4.69) is 44.6 Å². The first kappa shape index (κ1) is 26.5. The highest BCUT2D eigenvalue weighted by Crippen LogP contribution is 2.44. The molecule has 0 N–H and O–H groups in total. The van der Waals surface area contributed by atoms with Gasteiger partial charge in [0.25, 0.3) is 0 Å². The second-order valence-corrected chi connectivity index (χ2v) is 12.1. The molecule has 2 aromatic carbocycles. The van der Waals surface area contributed by atoms with Crippen LogP contribution in [0.15, 0.2) is 54.7 Å². The SMILES string of the molecule is CCOc1cc(-c2ccc(F)cn2)c(C2CCC2)cc1CN1CCC2(CC1)CN(c1ccc(I)cc1)C(=O)O2. The Morgan fingerprint density at radius 3 is 2.54 bits per heavy atom. The lowest BCUT2D eigenvalue weighted by atomic mass is 9.77. The van der Waals surface area contributed by atoms with Crippen LogP contribution in [0.5, 0.6) is 5.75 Å². The molecule has 204 valence electrons. The first-order valence-electron chi connectivity index (χ1n) is 13.8. The predicted molar refractivity (Wildman–Crippen MR) is 158 cm³/mol. The minimum atomic E-state index is -0.436. The number of piperidine rings is 1. The van der Waals surface area contributed by atoms with E-state index in [-0.39, 0.29) is 11.9 Å². The van der Waals surface area contributed by atoms with E-state index in [0.29, 0.717) is 19.1 Å². The van der Waals surface area contributed by atoms with Crippen LogP contribution in [-0.4, -0.2) is 47.8 Å². The number of nitrogens with zero attached hydrogens (tertiary/aromatic N) is 3. The summed E-state index contributed by atoms with van der Waals surface area (Å²) in [6.07, 6.45) is 6.20. The van der Waals surface area contributed by atoms with Gasteiger partial charge in [-0.25, -0.2) is 9.18 Å². The maximum Gasteiger partial charge on any atom is 0.415 e. The van der Waals surface area contributed by atoms with E-state index < -0.39 is 5.60 Å². The van der Waals surface area contributed by atoms with Gasteiger partial charge in [-0.05, 0) is 102 Å². The number of halogens is 2. The van der Waals surface area contributed by atoms with Crippen molar-refractivity contribution in [2.24, 2.45) is 0 Å². The Hall–Kier alpha value is -2.72. The third kappa shape index (κ3) is 5.50. The van der Waals surface area contributed by atoms with Crippen molar-refractivity contribution in [3.63, 3.8) is 0 Å². The Labute approximate surface area is 242 Å². The van der Waals surface area contributed by atoms with Crippen molar-refractivity contribution in [2.75, 3.05) is 31.1 Å². The van der Waals surface area contributed by atoms with E-state index in [1.807, 2.05) is 31.2 Å². The second kappa shape index (κ2) is 11.0. The molecule has 1 spiro atoms. The molecule has 1 saturated carbocycles. The van der Waals surface area contributed by atoms with Crippen molar-refractivity contribution in [3.05, 3.63) is 75.2 Å². The van der Waals surface area contributed by atoms with Crippen LogP contribution < -0.4 is 9.64 Å². The van der Waals surface area contributed by atoms with Crippen LogP contribution in [0, 0.1) is 9.39 Å². The number of carbonyl (C=O) groups is 1. The lowest BCUT2D eigenvalue weighted by molar-refractivity contribution is -0.00111. The Kier molecular flexibility index (Phi) is 7.50. The number of ether oxygens (including phenoxy) is 2. The van der Waals surface area contributed by atoms with Gasteiger partial charge in [-0.15, -0.1) is 0 Å². The third-order valence-electron chi connectivity index (χ3n) is 8.35. The Bertz CT molecular complexity index is 1340. The van der Waals surface area contributed by atoms with Crippen molar-refractivity contribution in [1.82, 2.24) is 9.88 Å². The summed E-state index contributed by atoms with van der Waals surface area (Å²) in [7, 11) is 0. The van der Waals surface area contributed by atoms with E-state index in [0.717, 1.165) is 71.6 Å². The molecule has 0 radical (unpaired) electrons. The zero-order valence-corrected chi connectivity index (χ0v) is 24.3. The number of rotatable bonds is 7. The molecule has 3 aromatic rings. The first-order chi connectivity index (χ1) is 18.9. The molecule has 0 bridgehead atoms. The number of likely N-dealkylation sites (tertiary alicyclic amines) is 1. The zero-order valence-electron chi connectivity index (χ0n) is 22.2. The summed E-state index contributed by atoms with van der Waals surface area (Å²) in [6.45, 7) is 5.63. The Morgan fingerprint density at radius 2 is 1.90 bits per heavy atom. The second-order valence-electron chi connectivity index (χ2n) is 10.9. The van der Waals surface area contributed by atoms with Gasteiger partial charge in [-0.1, -0.05) is 6.42 Å². The largest absolute Gasteiger partial charge is 0.494 e. The molecule has 1 aromatic heterocycles. The number of carbonyl (C=O) groups excluding carboxylic acids is 1. The van der Waals surface area contributed by atoms with E-state index in [4.69, 9.17) is 9.47 Å². The number of hydrogen-bond acceptors (Lipinski definition) is 5. The predicted octanol–water partition coefficient (Wildman–Crippen LogP) is 7.15. The van der Waals surface area contributed by atoms with Gasteiger partial charge in [0.1, 0.15) is 17.2 Å². The van der Waals surface area contributed by atoms with E-state index in [1.165, 1.54) is 29.8 Å².